The molecule has 4 unspecified atom stereocenters. The van der Waals surface area contributed by atoms with Crippen molar-refractivity contribution in [2.75, 3.05) is 13.7 Å². The van der Waals surface area contributed by atoms with Crippen LogP contribution in [0, 0.1) is 17.3 Å². The number of aliphatic hydroxyl groups excluding tert-OH is 1. The van der Waals surface area contributed by atoms with Gasteiger partial charge >= 0.3 is 0 Å². The maximum atomic E-state index is 10.4. The van der Waals surface area contributed by atoms with Gasteiger partial charge in [-0.15, -0.1) is 0 Å². The minimum atomic E-state index is -0.300. The van der Waals surface area contributed by atoms with Crippen molar-refractivity contribution in [1.29, 1.82) is 0 Å². The number of hydrogen-bond donors (Lipinski definition) is 1. The van der Waals surface area contributed by atoms with Crippen LogP contribution in [-0.2, 0) is 9.57 Å². The molecule has 0 saturated heterocycles. The number of aliphatic hydroxyl groups is 1. The Morgan fingerprint density at radius 3 is 2.96 bits per heavy atom. The SMILES string of the molecule is CCCCCCC1CCC2OC3=C4C(C[C@@H](O)C3)CN(OC)C=C(Br)C42C1. The molecule has 152 valence electrons. The minimum absolute atomic E-state index is 0.0406. The molecule has 4 nitrogen and oxygen atoms in total. The van der Waals surface area contributed by atoms with Crippen molar-refractivity contribution < 1.29 is 14.7 Å². The van der Waals surface area contributed by atoms with Crippen molar-refractivity contribution in [1.82, 2.24) is 5.06 Å². The molecule has 0 bridgehead atoms. The van der Waals surface area contributed by atoms with Crippen LogP contribution in [0.2, 0.25) is 0 Å². The van der Waals surface area contributed by atoms with Crippen molar-refractivity contribution in [2.24, 2.45) is 17.3 Å². The second kappa shape index (κ2) is 8.08. The third-order valence-corrected chi connectivity index (χ3v) is 8.15. The predicted octanol–water partition coefficient (Wildman–Crippen LogP) is 5.28. The van der Waals surface area contributed by atoms with Crippen LogP contribution in [0.5, 0.6) is 0 Å². The fraction of sp³-hybridized carbons (Fsp3) is 0.818. The Labute approximate surface area is 172 Å². The number of nitrogens with zero attached hydrogens (tertiary/aromatic N) is 1. The quantitative estimate of drug-likeness (QED) is 0.571. The van der Waals surface area contributed by atoms with Crippen LogP contribution in [0.15, 0.2) is 22.0 Å². The lowest BCUT2D eigenvalue weighted by Crippen LogP contribution is -2.42. The summed E-state index contributed by atoms with van der Waals surface area (Å²) in [5, 5.41) is 12.4. The summed E-state index contributed by atoms with van der Waals surface area (Å²) in [6, 6.07) is 0. The Morgan fingerprint density at radius 1 is 1.33 bits per heavy atom. The predicted molar refractivity (Wildman–Crippen MR) is 110 cm³/mol. The first-order valence-electron chi connectivity index (χ1n) is 10.8. The van der Waals surface area contributed by atoms with Gasteiger partial charge in [0.2, 0.25) is 0 Å². The molecule has 1 saturated carbocycles. The molecule has 1 N–H and O–H groups in total. The lowest BCUT2D eigenvalue weighted by atomic mass is 9.60. The zero-order valence-corrected chi connectivity index (χ0v) is 18.3. The van der Waals surface area contributed by atoms with E-state index in [2.05, 4.69) is 29.1 Å². The molecule has 0 amide bonds. The zero-order chi connectivity index (χ0) is 19.0. The molecule has 0 aromatic heterocycles. The average molecular weight is 440 g/mol. The van der Waals surface area contributed by atoms with Crippen molar-refractivity contribution in [3.05, 3.63) is 22.0 Å². The second-order valence-electron chi connectivity index (χ2n) is 8.96. The van der Waals surface area contributed by atoms with Gasteiger partial charge in [0, 0.05) is 23.0 Å². The normalized spacial score (nSPS) is 38.1. The standard InChI is InChI=1S/C22H34BrNO3/c1-3-4-5-6-7-15-8-9-20-22(12-15)19(23)14-24(26-2)13-16-10-17(25)11-18(27-20)21(16)22/h14-17,20,25H,3-13H2,1-2H3/t15?,16?,17-,20?,22?/m1/s1. The van der Waals surface area contributed by atoms with E-state index in [4.69, 9.17) is 9.57 Å². The highest BCUT2D eigenvalue weighted by Crippen LogP contribution is 2.63. The number of hydrogen-bond acceptors (Lipinski definition) is 4. The Kier molecular flexibility index (Phi) is 5.92. The fourth-order valence-electron chi connectivity index (χ4n) is 6.03. The highest BCUT2D eigenvalue weighted by Gasteiger charge is 2.59. The van der Waals surface area contributed by atoms with Gasteiger partial charge in [0.05, 0.1) is 30.9 Å². The highest BCUT2D eigenvalue weighted by atomic mass is 79.9. The van der Waals surface area contributed by atoms with Gasteiger partial charge in [-0.1, -0.05) is 55.0 Å². The van der Waals surface area contributed by atoms with E-state index < -0.39 is 0 Å². The Morgan fingerprint density at radius 2 is 2.19 bits per heavy atom. The fourth-order valence-corrected chi connectivity index (χ4v) is 6.89. The second-order valence-corrected chi connectivity index (χ2v) is 9.82. The van der Waals surface area contributed by atoms with Gasteiger partial charge in [-0.05, 0) is 37.2 Å². The van der Waals surface area contributed by atoms with Gasteiger partial charge in [-0.3, -0.25) is 9.90 Å². The van der Waals surface area contributed by atoms with Gasteiger partial charge in [0.15, 0.2) is 0 Å². The summed E-state index contributed by atoms with van der Waals surface area (Å²) in [7, 11) is 1.73. The van der Waals surface area contributed by atoms with Gasteiger partial charge in [-0.25, -0.2) is 0 Å². The van der Waals surface area contributed by atoms with E-state index in [1.807, 2.05) is 5.06 Å². The van der Waals surface area contributed by atoms with E-state index >= 15 is 0 Å². The van der Waals surface area contributed by atoms with E-state index in [0.29, 0.717) is 12.3 Å². The minimum Gasteiger partial charge on any atom is -0.493 e. The molecule has 0 radical (unpaired) electrons. The lowest BCUT2D eigenvalue weighted by molar-refractivity contribution is -0.0968. The summed E-state index contributed by atoms with van der Waals surface area (Å²) >= 11 is 3.97. The van der Waals surface area contributed by atoms with Gasteiger partial charge < -0.3 is 9.84 Å². The summed E-state index contributed by atoms with van der Waals surface area (Å²) in [5.74, 6) is 2.15. The Balaban J connectivity index is 1.64. The molecule has 5 atom stereocenters. The number of hydroxylamine groups is 2. The van der Waals surface area contributed by atoms with Gasteiger partial charge in [0.1, 0.15) is 6.10 Å². The maximum Gasteiger partial charge on any atom is 0.112 e. The van der Waals surface area contributed by atoms with E-state index in [1.165, 1.54) is 55.0 Å². The molecule has 0 aromatic rings. The molecule has 2 aliphatic carbocycles. The van der Waals surface area contributed by atoms with Crippen LogP contribution in [-0.4, -0.2) is 36.0 Å². The van der Waals surface area contributed by atoms with Gasteiger partial charge in [-0.2, -0.15) is 0 Å². The molecule has 4 aliphatic rings. The van der Waals surface area contributed by atoms with Crippen molar-refractivity contribution >= 4 is 15.9 Å². The van der Waals surface area contributed by atoms with Crippen LogP contribution >= 0.6 is 15.9 Å². The number of unbranched alkanes of at least 4 members (excludes halogenated alkanes) is 3. The van der Waals surface area contributed by atoms with E-state index in [0.717, 1.165) is 31.1 Å². The summed E-state index contributed by atoms with van der Waals surface area (Å²) < 4.78 is 7.73. The molecule has 1 spiro atoms. The zero-order valence-electron chi connectivity index (χ0n) is 16.8. The Hall–Kier alpha value is -0.520. The number of halogens is 1. The molecule has 5 heteroatoms. The average Bonchev–Trinajstić information content (AvgIpc) is 2.93. The van der Waals surface area contributed by atoms with Crippen molar-refractivity contribution in [3.8, 4) is 0 Å². The summed E-state index contributed by atoms with van der Waals surface area (Å²) in [6.07, 6.45) is 13.8. The lowest BCUT2D eigenvalue weighted by Gasteiger charge is -2.44. The first kappa shape index (κ1) is 19.8. The number of rotatable bonds is 6. The molecular weight excluding hydrogens is 406 g/mol. The van der Waals surface area contributed by atoms with Crippen LogP contribution in [0.3, 0.4) is 0 Å². The smallest absolute Gasteiger partial charge is 0.112 e. The van der Waals surface area contributed by atoms with Crippen LogP contribution in [0.25, 0.3) is 0 Å². The van der Waals surface area contributed by atoms with Crippen LogP contribution in [0.1, 0.15) is 71.1 Å². The molecule has 2 aliphatic heterocycles. The molecule has 4 rings (SSSR count). The monoisotopic (exact) mass is 439 g/mol. The molecule has 0 aromatic carbocycles. The first-order chi connectivity index (χ1) is 13.1. The summed E-state index contributed by atoms with van der Waals surface area (Å²) in [6.45, 7) is 3.07. The summed E-state index contributed by atoms with van der Waals surface area (Å²) in [5.41, 5.74) is 1.43. The van der Waals surface area contributed by atoms with Crippen molar-refractivity contribution in [3.63, 3.8) is 0 Å². The maximum absolute atomic E-state index is 10.4. The van der Waals surface area contributed by atoms with E-state index in [9.17, 15) is 5.11 Å². The van der Waals surface area contributed by atoms with Gasteiger partial charge in [0.25, 0.3) is 0 Å². The Bertz CT molecular complexity index is 619. The highest BCUT2D eigenvalue weighted by molar-refractivity contribution is 9.11. The largest absolute Gasteiger partial charge is 0.493 e. The molecule has 2 heterocycles. The van der Waals surface area contributed by atoms with Crippen LogP contribution in [0.4, 0.5) is 0 Å². The molecule has 27 heavy (non-hydrogen) atoms. The topological polar surface area (TPSA) is 41.9 Å². The molecular formula is C22H34BrNO3. The van der Waals surface area contributed by atoms with E-state index in [1.54, 1.807) is 7.11 Å². The third-order valence-electron chi connectivity index (χ3n) is 7.23. The van der Waals surface area contributed by atoms with Crippen LogP contribution < -0.4 is 0 Å². The first-order valence-corrected chi connectivity index (χ1v) is 11.6. The number of ether oxygens (including phenoxy) is 1. The summed E-state index contributed by atoms with van der Waals surface area (Å²) in [4.78, 5) is 5.61. The van der Waals surface area contributed by atoms with Crippen molar-refractivity contribution in [2.45, 2.75) is 83.3 Å². The third kappa shape index (κ3) is 3.49. The molecule has 1 fully saturated rings. The van der Waals surface area contributed by atoms with E-state index in [-0.39, 0.29) is 17.6 Å².